The van der Waals surface area contributed by atoms with Gasteiger partial charge >= 0.3 is 0 Å². The number of carbonyl (C=O) groups is 1. The first-order valence-electron chi connectivity index (χ1n) is 10.8. The number of ketones is 1. The number of allylic oxidation sites excluding steroid dienone is 2. The van der Waals surface area contributed by atoms with Gasteiger partial charge in [0.15, 0.2) is 23.1 Å². The number of rotatable bonds is 4. The number of carbonyl (C=O) groups excluding carboxylic acids is 1. The summed E-state index contributed by atoms with van der Waals surface area (Å²) in [7, 11) is 3.17. The van der Waals surface area contributed by atoms with Crippen LogP contribution in [0.4, 0.5) is 5.95 Å². The van der Waals surface area contributed by atoms with Crippen LogP contribution in [-0.4, -0.2) is 39.9 Å². The molecule has 1 aliphatic heterocycles. The molecule has 2 N–H and O–H groups in total. The fourth-order valence-corrected chi connectivity index (χ4v) is 4.71. The number of aromatic nitrogens is 3. The summed E-state index contributed by atoms with van der Waals surface area (Å²) in [5.41, 5.74) is 2.93. The van der Waals surface area contributed by atoms with Crippen molar-refractivity contribution in [2.24, 2.45) is 5.41 Å². The molecular formula is C25H26N4O4. The fourth-order valence-electron chi connectivity index (χ4n) is 4.71. The van der Waals surface area contributed by atoms with E-state index in [1.54, 1.807) is 37.1 Å². The summed E-state index contributed by atoms with van der Waals surface area (Å²) in [6.45, 7) is 4.18. The Labute approximate surface area is 191 Å². The Balaban J connectivity index is 1.66. The zero-order chi connectivity index (χ0) is 23.3. The minimum atomic E-state index is -0.478. The quantitative estimate of drug-likeness (QED) is 0.616. The lowest BCUT2D eigenvalue weighted by Crippen LogP contribution is -2.36. The molecule has 1 aliphatic carbocycles. The van der Waals surface area contributed by atoms with Crippen molar-refractivity contribution in [1.82, 2.24) is 14.8 Å². The van der Waals surface area contributed by atoms with Gasteiger partial charge in [0.2, 0.25) is 5.95 Å². The smallest absolute Gasteiger partial charge is 0.226 e. The van der Waals surface area contributed by atoms with Gasteiger partial charge in [-0.05, 0) is 47.7 Å². The number of Topliss-reactive ketones (excluding diaryl/α,β-unsaturated/α-hetero) is 1. The van der Waals surface area contributed by atoms with E-state index in [0.717, 1.165) is 23.2 Å². The van der Waals surface area contributed by atoms with Gasteiger partial charge < -0.3 is 19.9 Å². The van der Waals surface area contributed by atoms with Crippen molar-refractivity contribution in [2.45, 2.75) is 32.7 Å². The molecule has 5 rings (SSSR count). The van der Waals surface area contributed by atoms with Crippen LogP contribution in [0.25, 0.3) is 11.4 Å². The number of ether oxygens (including phenoxy) is 2. The molecule has 0 saturated carbocycles. The summed E-state index contributed by atoms with van der Waals surface area (Å²) in [4.78, 5) is 18.1. The van der Waals surface area contributed by atoms with Crippen LogP contribution < -0.4 is 14.8 Å². The Bertz CT molecular complexity index is 1290. The summed E-state index contributed by atoms with van der Waals surface area (Å²) >= 11 is 0. The number of aromatic hydroxyl groups is 1. The maximum Gasteiger partial charge on any atom is 0.226 e. The Kier molecular flexibility index (Phi) is 4.88. The molecule has 1 atom stereocenters. The average molecular weight is 447 g/mol. The van der Waals surface area contributed by atoms with E-state index in [0.29, 0.717) is 35.3 Å². The van der Waals surface area contributed by atoms with Gasteiger partial charge in [0.05, 0.1) is 14.2 Å². The Morgan fingerprint density at radius 1 is 1.09 bits per heavy atom. The number of fused-ring (bicyclic) bond motifs is 1. The molecule has 33 heavy (non-hydrogen) atoms. The normalized spacial score (nSPS) is 18.9. The minimum Gasteiger partial charge on any atom is -0.508 e. The molecule has 1 unspecified atom stereocenters. The maximum atomic E-state index is 13.3. The summed E-state index contributed by atoms with van der Waals surface area (Å²) in [5, 5.41) is 18.3. The van der Waals surface area contributed by atoms with E-state index >= 15 is 0 Å². The molecule has 3 aromatic rings. The predicted molar refractivity (Wildman–Crippen MR) is 123 cm³/mol. The van der Waals surface area contributed by atoms with Crippen LogP contribution >= 0.6 is 0 Å². The third kappa shape index (κ3) is 3.61. The highest BCUT2D eigenvalue weighted by Gasteiger charge is 2.42. The molecule has 8 nitrogen and oxygen atoms in total. The second kappa shape index (κ2) is 7.65. The van der Waals surface area contributed by atoms with Crippen LogP contribution in [0.2, 0.25) is 0 Å². The molecule has 2 aliphatic rings. The number of hydrogen-bond acceptors (Lipinski definition) is 7. The van der Waals surface area contributed by atoms with Crippen LogP contribution in [0.3, 0.4) is 0 Å². The number of nitrogens with zero attached hydrogens (tertiary/aromatic N) is 3. The van der Waals surface area contributed by atoms with Gasteiger partial charge in [0.1, 0.15) is 11.8 Å². The zero-order valence-corrected chi connectivity index (χ0v) is 19.0. The standard InChI is InChI=1S/C25H26N4O4/c1-25(2)12-17-21(18(31)13-25)22(14-6-5-7-16(30)10-14)29-24(26-17)27-23(28-29)15-8-9-19(32-3)20(11-15)33-4/h5-11,22,30H,12-13H2,1-4H3,(H,26,27,28). The predicted octanol–water partition coefficient (Wildman–Crippen LogP) is 4.33. The van der Waals surface area contributed by atoms with Crippen molar-refractivity contribution >= 4 is 11.7 Å². The topological polar surface area (TPSA) is 98.5 Å². The first-order valence-corrected chi connectivity index (χ1v) is 10.8. The summed E-state index contributed by atoms with van der Waals surface area (Å²) in [5.74, 6) is 2.46. The van der Waals surface area contributed by atoms with Gasteiger partial charge in [0.25, 0.3) is 0 Å². The highest BCUT2D eigenvalue weighted by molar-refractivity contribution is 6.00. The van der Waals surface area contributed by atoms with E-state index in [1.165, 1.54) is 0 Å². The first-order chi connectivity index (χ1) is 15.8. The number of phenols is 1. The Morgan fingerprint density at radius 3 is 2.61 bits per heavy atom. The number of hydrogen-bond donors (Lipinski definition) is 2. The molecule has 1 aromatic heterocycles. The number of nitrogens with one attached hydrogen (secondary N) is 1. The van der Waals surface area contributed by atoms with Gasteiger partial charge in [0, 0.05) is 23.3 Å². The van der Waals surface area contributed by atoms with Crippen LogP contribution in [0, 0.1) is 5.41 Å². The first kappa shape index (κ1) is 21.1. The van der Waals surface area contributed by atoms with E-state index in [4.69, 9.17) is 19.6 Å². The molecule has 0 amide bonds. The molecule has 170 valence electrons. The summed E-state index contributed by atoms with van der Waals surface area (Å²) in [6.07, 6.45) is 1.18. The van der Waals surface area contributed by atoms with Gasteiger partial charge in [-0.3, -0.25) is 4.79 Å². The summed E-state index contributed by atoms with van der Waals surface area (Å²) in [6, 6.07) is 12.0. The number of benzene rings is 2. The summed E-state index contributed by atoms with van der Waals surface area (Å²) < 4.78 is 12.5. The van der Waals surface area contributed by atoms with Crippen LogP contribution in [0.1, 0.15) is 38.3 Å². The largest absolute Gasteiger partial charge is 0.508 e. The van der Waals surface area contributed by atoms with Crippen LogP contribution in [-0.2, 0) is 4.79 Å². The molecule has 0 spiro atoms. The zero-order valence-electron chi connectivity index (χ0n) is 19.0. The molecular weight excluding hydrogens is 420 g/mol. The van der Waals surface area contributed by atoms with Gasteiger partial charge in [-0.25, -0.2) is 4.68 Å². The van der Waals surface area contributed by atoms with E-state index in [9.17, 15) is 9.90 Å². The van der Waals surface area contributed by atoms with Crippen molar-refractivity contribution in [3.63, 3.8) is 0 Å². The lowest BCUT2D eigenvalue weighted by Gasteiger charge is -2.38. The van der Waals surface area contributed by atoms with Gasteiger partial charge in [-0.1, -0.05) is 26.0 Å². The van der Waals surface area contributed by atoms with Crippen molar-refractivity contribution < 1.29 is 19.4 Å². The second-order valence-corrected chi connectivity index (χ2v) is 9.23. The lowest BCUT2D eigenvalue weighted by molar-refractivity contribution is -0.118. The molecule has 2 heterocycles. The lowest BCUT2D eigenvalue weighted by atomic mass is 9.73. The van der Waals surface area contributed by atoms with E-state index in [2.05, 4.69) is 19.2 Å². The average Bonchev–Trinajstić information content (AvgIpc) is 3.20. The molecule has 0 saturated heterocycles. The van der Waals surface area contributed by atoms with Crippen molar-refractivity contribution in [3.05, 3.63) is 59.3 Å². The molecule has 0 bridgehead atoms. The van der Waals surface area contributed by atoms with Crippen molar-refractivity contribution in [1.29, 1.82) is 0 Å². The van der Waals surface area contributed by atoms with Crippen LogP contribution in [0.15, 0.2) is 53.7 Å². The highest BCUT2D eigenvalue weighted by atomic mass is 16.5. The third-order valence-electron chi connectivity index (χ3n) is 6.16. The number of anilines is 1. The van der Waals surface area contributed by atoms with Gasteiger partial charge in [-0.15, -0.1) is 5.10 Å². The van der Waals surface area contributed by atoms with Crippen molar-refractivity contribution in [3.8, 4) is 28.6 Å². The SMILES string of the molecule is COc1ccc(-c2nc3n(n2)C(c2cccc(O)c2)C2=C(CC(C)(C)CC2=O)N3)cc1OC. The van der Waals surface area contributed by atoms with Crippen LogP contribution in [0.5, 0.6) is 17.2 Å². The van der Waals surface area contributed by atoms with E-state index in [1.807, 2.05) is 24.3 Å². The number of methoxy groups -OCH3 is 2. The molecule has 8 heteroatoms. The van der Waals surface area contributed by atoms with E-state index in [-0.39, 0.29) is 16.9 Å². The number of phenolic OH excluding ortho intramolecular Hbond substituents is 1. The van der Waals surface area contributed by atoms with Gasteiger partial charge in [-0.2, -0.15) is 4.98 Å². The monoisotopic (exact) mass is 446 g/mol. The van der Waals surface area contributed by atoms with Crippen molar-refractivity contribution in [2.75, 3.05) is 19.5 Å². The highest BCUT2D eigenvalue weighted by Crippen LogP contribution is 2.46. The fraction of sp³-hybridized carbons (Fsp3) is 0.320. The van der Waals surface area contributed by atoms with E-state index < -0.39 is 6.04 Å². The molecule has 0 radical (unpaired) electrons. The Hall–Kier alpha value is -3.81. The maximum absolute atomic E-state index is 13.3. The second-order valence-electron chi connectivity index (χ2n) is 9.23. The molecule has 0 fully saturated rings. The molecule has 2 aromatic carbocycles. The Morgan fingerprint density at radius 2 is 1.88 bits per heavy atom. The third-order valence-corrected chi connectivity index (χ3v) is 6.16. The minimum absolute atomic E-state index is 0.0795.